The van der Waals surface area contributed by atoms with E-state index in [0.29, 0.717) is 0 Å². The highest BCUT2D eigenvalue weighted by Gasteiger charge is 2.31. The maximum absolute atomic E-state index is 5.95. The van der Waals surface area contributed by atoms with Crippen LogP contribution in [0.4, 0.5) is 0 Å². The van der Waals surface area contributed by atoms with Crippen LogP contribution >= 0.6 is 12.2 Å². The van der Waals surface area contributed by atoms with E-state index in [0.717, 1.165) is 35.5 Å². The number of thiocarbonyl (C=S) groups is 1. The van der Waals surface area contributed by atoms with E-state index in [-0.39, 0.29) is 0 Å². The maximum Gasteiger partial charge on any atom is -0.000969 e. The van der Waals surface area contributed by atoms with E-state index in [1.165, 1.54) is 88.3 Å². The van der Waals surface area contributed by atoms with Crippen molar-refractivity contribution in [1.82, 2.24) is 0 Å². The normalized spacial score (nSPS) is 42.3. The first-order valence-electron chi connectivity index (χ1n) is 10.7. The van der Waals surface area contributed by atoms with Crippen LogP contribution in [0.3, 0.4) is 0 Å². The fourth-order valence-corrected chi connectivity index (χ4v) is 6.07. The summed E-state index contributed by atoms with van der Waals surface area (Å²) in [6, 6.07) is 0. The summed E-state index contributed by atoms with van der Waals surface area (Å²) in [5.41, 5.74) is 0. The molecule has 0 aromatic carbocycles. The summed E-state index contributed by atoms with van der Waals surface area (Å²) in [4.78, 5) is 1.49. The van der Waals surface area contributed by atoms with E-state index in [1.54, 1.807) is 0 Å². The van der Waals surface area contributed by atoms with Gasteiger partial charge in [-0.3, -0.25) is 0 Å². The summed E-state index contributed by atoms with van der Waals surface area (Å²) in [6.07, 6.45) is 18.9. The lowest BCUT2D eigenvalue weighted by Crippen LogP contribution is -2.29. The predicted molar refractivity (Wildman–Crippen MR) is 105 cm³/mol. The van der Waals surface area contributed by atoms with E-state index < -0.39 is 0 Å². The lowest BCUT2D eigenvalue weighted by molar-refractivity contribution is 0.208. The minimum absolute atomic E-state index is 0.794. The molecule has 0 aliphatic heterocycles. The fraction of sp³-hybridized carbons (Fsp3) is 0.955. The van der Waals surface area contributed by atoms with Crippen molar-refractivity contribution in [2.24, 2.45) is 35.5 Å². The van der Waals surface area contributed by atoms with Gasteiger partial charge in [0.15, 0.2) is 0 Å². The first kappa shape index (κ1) is 17.9. The average molecular weight is 335 g/mol. The Labute approximate surface area is 150 Å². The Kier molecular flexibility index (Phi) is 6.58. The predicted octanol–water partition coefficient (Wildman–Crippen LogP) is 7.21. The van der Waals surface area contributed by atoms with Gasteiger partial charge in [-0.25, -0.2) is 0 Å². The monoisotopic (exact) mass is 334 g/mol. The first-order valence-corrected chi connectivity index (χ1v) is 11.1. The van der Waals surface area contributed by atoms with Crippen molar-refractivity contribution in [2.45, 2.75) is 97.3 Å². The van der Waals surface area contributed by atoms with Crippen molar-refractivity contribution in [2.75, 3.05) is 0 Å². The van der Waals surface area contributed by atoms with Crippen LogP contribution < -0.4 is 0 Å². The molecular formula is C22H38S. The third kappa shape index (κ3) is 5.03. The van der Waals surface area contributed by atoms with Crippen LogP contribution in [0.2, 0.25) is 0 Å². The molecule has 0 spiro atoms. The highest BCUT2D eigenvalue weighted by molar-refractivity contribution is 7.80. The summed E-state index contributed by atoms with van der Waals surface area (Å²) in [5.74, 6) is 5.62. The van der Waals surface area contributed by atoms with Gasteiger partial charge in [-0.1, -0.05) is 64.6 Å². The summed E-state index contributed by atoms with van der Waals surface area (Å²) in [5, 5.41) is 0. The molecule has 0 nitrogen and oxygen atoms in total. The van der Waals surface area contributed by atoms with Gasteiger partial charge >= 0.3 is 0 Å². The van der Waals surface area contributed by atoms with Crippen LogP contribution in [0, 0.1) is 35.5 Å². The van der Waals surface area contributed by atoms with E-state index in [9.17, 15) is 0 Å². The Hall–Kier alpha value is 0.0900. The van der Waals surface area contributed by atoms with Crippen molar-refractivity contribution in [3.63, 3.8) is 0 Å². The molecule has 3 aliphatic rings. The van der Waals surface area contributed by atoms with Gasteiger partial charge in [0, 0.05) is 0 Å². The van der Waals surface area contributed by atoms with Gasteiger partial charge < -0.3 is 0 Å². The Morgan fingerprint density at radius 2 is 0.957 bits per heavy atom. The molecule has 1 heteroatoms. The van der Waals surface area contributed by atoms with Crippen LogP contribution in [-0.4, -0.2) is 4.86 Å². The molecule has 0 radical (unpaired) electrons. The van der Waals surface area contributed by atoms with Gasteiger partial charge in [-0.2, -0.15) is 0 Å². The van der Waals surface area contributed by atoms with Crippen LogP contribution in [-0.2, 0) is 0 Å². The second-order valence-corrected chi connectivity index (χ2v) is 9.91. The highest BCUT2D eigenvalue weighted by Crippen LogP contribution is 2.40. The van der Waals surface area contributed by atoms with E-state index in [1.807, 2.05) is 0 Å². The summed E-state index contributed by atoms with van der Waals surface area (Å²) in [6.45, 7) is 4.85. The fourth-order valence-electron chi connectivity index (χ4n) is 5.60. The van der Waals surface area contributed by atoms with Gasteiger partial charge in [0.1, 0.15) is 0 Å². The molecule has 3 fully saturated rings. The minimum atomic E-state index is 0.794. The molecule has 0 amide bonds. The Bertz CT molecular complexity index is 363. The van der Waals surface area contributed by atoms with Crippen molar-refractivity contribution < 1.29 is 0 Å². The molecule has 0 atom stereocenters. The molecule has 0 N–H and O–H groups in total. The smallest absolute Gasteiger partial charge is 0.000969 e. The molecule has 3 rings (SSSR count). The topological polar surface area (TPSA) is 0 Å². The molecule has 23 heavy (non-hydrogen) atoms. The standard InChI is InChI=1S/C22H38S/c1-16-3-7-18(8-4-16)15-19-9-13-21(14-10-19)22(23)20-11-5-17(2)6-12-20/h16-21H,3-15H2,1-2H3. The molecule has 0 unspecified atom stereocenters. The third-order valence-electron chi connectivity index (χ3n) is 7.47. The van der Waals surface area contributed by atoms with Crippen LogP contribution in [0.5, 0.6) is 0 Å². The Balaban J connectivity index is 1.39. The number of hydrogen-bond acceptors (Lipinski definition) is 1. The molecule has 132 valence electrons. The van der Waals surface area contributed by atoms with E-state index in [2.05, 4.69) is 13.8 Å². The Morgan fingerprint density at radius 3 is 1.43 bits per heavy atom. The van der Waals surface area contributed by atoms with E-state index in [4.69, 9.17) is 12.2 Å². The lowest BCUT2D eigenvalue weighted by atomic mass is 9.70. The second kappa shape index (κ2) is 8.45. The summed E-state index contributed by atoms with van der Waals surface area (Å²) in [7, 11) is 0. The SMILES string of the molecule is CC1CCC(CC2CCC(C(=S)C3CCC(C)CC3)CC2)CC1. The Morgan fingerprint density at radius 1 is 0.609 bits per heavy atom. The molecule has 3 aliphatic carbocycles. The van der Waals surface area contributed by atoms with Gasteiger partial charge in [-0.15, -0.1) is 0 Å². The second-order valence-electron chi connectivity index (χ2n) is 9.44. The van der Waals surface area contributed by atoms with Gasteiger partial charge in [0.2, 0.25) is 0 Å². The van der Waals surface area contributed by atoms with Gasteiger partial charge in [0.05, 0.1) is 0 Å². The average Bonchev–Trinajstić information content (AvgIpc) is 2.58. The number of hydrogen-bond donors (Lipinski definition) is 0. The highest BCUT2D eigenvalue weighted by atomic mass is 32.1. The largest absolute Gasteiger partial charge is 0.0891 e. The zero-order valence-electron chi connectivity index (χ0n) is 15.6. The molecule has 3 saturated carbocycles. The lowest BCUT2D eigenvalue weighted by Gasteiger charge is -2.36. The number of rotatable bonds is 4. The maximum atomic E-state index is 5.95. The molecule has 0 saturated heterocycles. The zero-order valence-corrected chi connectivity index (χ0v) is 16.4. The van der Waals surface area contributed by atoms with Gasteiger partial charge in [0.25, 0.3) is 0 Å². The quantitative estimate of drug-likeness (QED) is 0.490. The molecule has 0 heterocycles. The molecule has 0 bridgehead atoms. The summed E-state index contributed by atoms with van der Waals surface area (Å²) >= 11 is 5.95. The van der Waals surface area contributed by atoms with Crippen molar-refractivity contribution >= 4 is 17.1 Å². The molecule has 0 aromatic rings. The van der Waals surface area contributed by atoms with Crippen LogP contribution in [0.25, 0.3) is 0 Å². The van der Waals surface area contributed by atoms with Crippen LogP contribution in [0.1, 0.15) is 97.3 Å². The minimum Gasteiger partial charge on any atom is -0.0891 e. The third-order valence-corrected chi connectivity index (χ3v) is 8.14. The molecular weight excluding hydrogens is 296 g/mol. The first-order chi connectivity index (χ1) is 11.1. The zero-order chi connectivity index (χ0) is 16.2. The van der Waals surface area contributed by atoms with Crippen molar-refractivity contribution in [3.05, 3.63) is 0 Å². The van der Waals surface area contributed by atoms with Gasteiger partial charge in [-0.05, 0) is 85.3 Å². The summed E-state index contributed by atoms with van der Waals surface area (Å²) < 4.78 is 0. The van der Waals surface area contributed by atoms with E-state index >= 15 is 0 Å². The van der Waals surface area contributed by atoms with Crippen LogP contribution in [0.15, 0.2) is 0 Å². The van der Waals surface area contributed by atoms with Crippen molar-refractivity contribution in [3.8, 4) is 0 Å². The van der Waals surface area contributed by atoms with Crippen molar-refractivity contribution in [1.29, 1.82) is 0 Å². The molecule has 0 aromatic heterocycles.